The van der Waals surface area contributed by atoms with Crippen LogP contribution in [-0.4, -0.2) is 12.6 Å². The summed E-state index contributed by atoms with van der Waals surface area (Å²) in [6.45, 7) is 4.55. The lowest BCUT2D eigenvalue weighted by atomic mass is 10.2. The Hall–Kier alpha value is -1.05. The molecule has 0 heterocycles. The van der Waals surface area contributed by atoms with Gasteiger partial charge < -0.3 is 4.74 Å². The number of esters is 1. The molecule has 0 radical (unpaired) electrons. The van der Waals surface area contributed by atoms with Gasteiger partial charge in [-0.2, -0.15) is 0 Å². The van der Waals surface area contributed by atoms with Gasteiger partial charge >= 0.3 is 5.97 Å². The van der Waals surface area contributed by atoms with Crippen molar-refractivity contribution < 1.29 is 9.53 Å². The van der Waals surface area contributed by atoms with E-state index in [2.05, 4.69) is 0 Å². The molecule has 2 heteroatoms. The zero-order valence-corrected chi connectivity index (χ0v) is 7.49. The van der Waals surface area contributed by atoms with Gasteiger partial charge in [0.15, 0.2) is 0 Å². The summed E-state index contributed by atoms with van der Waals surface area (Å²) in [6, 6.07) is 0. The molecule has 66 valence electrons. The largest absolute Gasteiger partial charge is 0.465 e. The van der Waals surface area contributed by atoms with Crippen LogP contribution in [-0.2, 0) is 9.53 Å². The highest BCUT2D eigenvalue weighted by Gasteiger charge is 2.15. The van der Waals surface area contributed by atoms with Gasteiger partial charge in [0.2, 0.25) is 0 Å². The maximum absolute atomic E-state index is 11.2. The molecule has 1 aliphatic carbocycles. The van der Waals surface area contributed by atoms with Crippen LogP contribution in [0, 0.1) is 11.8 Å². The molecule has 12 heavy (non-hydrogen) atoms. The fraction of sp³-hybridized carbons (Fsp3) is 0.500. The molecule has 0 saturated heterocycles. The molecular formula is C10H14O2. The van der Waals surface area contributed by atoms with E-state index in [9.17, 15) is 4.79 Å². The SMILES string of the molecule is CC(C)COC(=O)C1C=CC=C1. The van der Waals surface area contributed by atoms with Gasteiger partial charge in [0.1, 0.15) is 0 Å². The molecule has 1 rings (SSSR count). The van der Waals surface area contributed by atoms with Crippen LogP contribution in [0.15, 0.2) is 24.3 Å². The van der Waals surface area contributed by atoms with Gasteiger partial charge in [-0.15, -0.1) is 0 Å². The van der Waals surface area contributed by atoms with E-state index in [1.165, 1.54) is 0 Å². The van der Waals surface area contributed by atoms with E-state index in [0.717, 1.165) is 0 Å². The maximum Gasteiger partial charge on any atom is 0.316 e. The average molecular weight is 166 g/mol. The summed E-state index contributed by atoms with van der Waals surface area (Å²) in [5.74, 6) is 0.112. The molecule has 0 aromatic carbocycles. The van der Waals surface area contributed by atoms with Gasteiger partial charge in [-0.25, -0.2) is 0 Å². The lowest BCUT2D eigenvalue weighted by molar-refractivity contribution is -0.146. The Labute approximate surface area is 72.9 Å². The van der Waals surface area contributed by atoms with E-state index in [4.69, 9.17) is 4.74 Å². The first kappa shape index (κ1) is 9.04. The van der Waals surface area contributed by atoms with Gasteiger partial charge in [0.05, 0.1) is 12.5 Å². The highest BCUT2D eigenvalue weighted by Crippen LogP contribution is 2.11. The molecule has 0 saturated carbocycles. The van der Waals surface area contributed by atoms with Crippen LogP contribution in [0.2, 0.25) is 0 Å². The highest BCUT2D eigenvalue weighted by molar-refractivity contribution is 5.77. The molecule has 0 fully saturated rings. The van der Waals surface area contributed by atoms with E-state index >= 15 is 0 Å². The minimum absolute atomic E-state index is 0.145. The Morgan fingerprint density at radius 2 is 2.00 bits per heavy atom. The average Bonchev–Trinajstić information content (AvgIpc) is 2.51. The number of hydrogen-bond donors (Lipinski definition) is 0. The molecule has 0 aromatic heterocycles. The fourth-order valence-corrected chi connectivity index (χ4v) is 0.934. The van der Waals surface area contributed by atoms with Crippen molar-refractivity contribution in [2.24, 2.45) is 11.8 Å². The van der Waals surface area contributed by atoms with Crippen LogP contribution in [0.3, 0.4) is 0 Å². The first-order chi connectivity index (χ1) is 5.70. The zero-order chi connectivity index (χ0) is 8.97. The first-order valence-corrected chi connectivity index (χ1v) is 4.22. The number of hydrogen-bond acceptors (Lipinski definition) is 2. The zero-order valence-electron chi connectivity index (χ0n) is 7.49. The summed E-state index contributed by atoms with van der Waals surface area (Å²) in [4.78, 5) is 11.2. The topological polar surface area (TPSA) is 26.3 Å². The van der Waals surface area contributed by atoms with Crippen molar-refractivity contribution in [1.29, 1.82) is 0 Å². The van der Waals surface area contributed by atoms with Crippen molar-refractivity contribution >= 4 is 5.97 Å². The van der Waals surface area contributed by atoms with Gasteiger partial charge in [0.25, 0.3) is 0 Å². The molecule has 0 N–H and O–H groups in total. The molecule has 0 aromatic rings. The molecule has 0 atom stereocenters. The molecule has 1 aliphatic rings. The Balaban J connectivity index is 2.29. The minimum atomic E-state index is -0.149. The van der Waals surface area contributed by atoms with Gasteiger partial charge in [-0.3, -0.25) is 4.79 Å². The Morgan fingerprint density at radius 1 is 1.42 bits per heavy atom. The van der Waals surface area contributed by atoms with Crippen molar-refractivity contribution in [3.63, 3.8) is 0 Å². The van der Waals surface area contributed by atoms with E-state index < -0.39 is 0 Å². The van der Waals surface area contributed by atoms with Crippen molar-refractivity contribution in [2.45, 2.75) is 13.8 Å². The summed E-state index contributed by atoms with van der Waals surface area (Å²) in [7, 11) is 0. The minimum Gasteiger partial charge on any atom is -0.465 e. The third-order valence-corrected chi connectivity index (χ3v) is 1.58. The molecular weight excluding hydrogens is 152 g/mol. The van der Waals surface area contributed by atoms with Crippen LogP contribution in [0.5, 0.6) is 0 Å². The second-order valence-corrected chi connectivity index (χ2v) is 3.32. The maximum atomic E-state index is 11.2. The second kappa shape index (κ2) is 4.10. The molecule has 0 amide bonds. The number of ether oxygens (including phenoxy) is 1. The third kappa shape index (κ3) is 2.53. The standard InChI is InChI=1S/C10H14O2/c1-8(2)7-12-10(11)9-5-3-4-6-9/h3-6,8-9H,7H2,1-2H3. The van der Waals surface area contributed by atoms with E-state index in [1.54, 1.807) is 0 Å². The molecule has 0 bridgehead atoms. The quantitative estimate of drug-likeness (QED) is 0.599. The van der Waals surface area contributed by atoms with Crippen LogP contribution < -0.4 is 0 Å². The van der Waals surface area contributed by atoms with Gasteiger partial charge in [0, 0.05) is 0 Å². The Morgan fingerprint density at radius 3 is 2.50 bits per heavy atom. The van der Waals surface area contributed by atoms with Crippen LogP contribution >= 0.6 is 0 Å². The molecule has 2 nitrogen and oxygen atoms in total. The van der Waals surface area contributed by atoms with Crippen LogP contribution in [0.1, 0.15) is 13.8 Å². The smallest absolute Gasteiger partial charge is 0.316 e. The number of carbonyl (C=O) groups is 1. The van der Waals surface area contributed by atoms with E-state index in [0.29, 0.717) is 12.5 Å². The summed E-state index contributed by atoms with van der Waals surface area (Å²) in [5, 5.41) is 0. The van der Waals surface area contributed by atoms with Crippen molar-refractivity contribution in [3.05, 3.63) is 24.3 Å². The van der Waals surface area contributed by atoms with E-state index in [1.807, 2.05) is 38.2 Å². The lowest BCUT2D eigenvalue weighted by Crippen LogP contribution is -2.15. The van der Waals surface area contributed by atoms with Crippen LogP contribution in [0.25, 0.3) is 0 Å². The predicted molar refractivity (Wildman–Crippen MR) is 47.6 cm³/mol. The lowest BCUT2D eigenvalue weighted by Gasteiger charge is -2.08. The summed E-state index contributed by atoms with van der Waals surface area (Å²) in [5.41, 5.74) is 0. The van der Waals surface area contributed by atoms with Gasteiger partial charge in [-0.05, 0) is 5.92 Å². The molecule has 0 spiro atoms. The van der Waals surface area contributed by atoms with E-state index in [-0.39, 0.29) is 11.9 Å². The third-order valence-electron chi connectivity index (χ3n) is 1.58. The fourth-order valence-electron chi connectivity index (χ4n) is 0.934. The highest BCUT2D eigenvalue weighted by atomic mass is 16.5. The van der Waals surface area contributed by atoms with Crippen molar-refractivity contribution in [3.8, 4) is 0 Å². The number of rotatable bonds is 3. The summed E-state index contributed by atoms with van der Waals surface area (Å²) >= 11 is 0. The predicted octanol–water partition coefficient (Wildman–Crippen LogP) is 1.93. The Bertz CT molecular complexity index is 202. The number of allylic oxidation sites excluding steroid dienone is 2. The monoisotopic (exact) mass is 166 g/mol. The molecule has 0 unspecified atom stereocenters. The molecule has 0 aliphatic heterocycles. The van der Waals surface area contributed by atoms with Crippen molar-refractivity contribution in [1.82, 2.24) is 0 Å². The number of carbonyl (C=O) groups excluding carboxylic acids is 1. The summed E-state index contributed by atoms with van der Waals surface area (Å²) in [6.07, 6.45) is 7.40. The first-order valence-electron chi connectivity index (χ1n) is 4.22. The Kier molecular flexibility index (Phi) is 3.09. The van der Waals surface area contributed by atoms with Crippen LogP contribution in [0.4, 0.5) is 0 Å². The normalized spacial score (nSPS) is 15.9. The second-order valence-electron chi connectivity index (χ2n) is 3.32. The van der Waals surface area contributed by atoms with Crippen molar-refractivity contribution in [2.75, 3.05) is 6.61 Å². The van der Waals surface area contributed by atoms with Gasteiger partial charge in [-0.1, -0.05) is 38.2 Å². The summed E-state index contributed by atoms with van der Waals surface area (Å²) < 4.78 is 5.05.